The van der Waals surface area contributed by atoms with Crippen molar-refractivity contribution >= 4 is 21.8 Å². The minimum absolute atomic E-state index is 0.692. The average molecular weight is 666 g/mol. The van der Waals surface area contributed by atoms with Gasteiger partial charge < -0.3 is 14.0 Å². The van der Waals surface area contributed by atoms with Gasteiger partial charge in [-0.2, -0.15) is 0 Å². The molecule has 3 heterocycles. The highest BCUT2D eigenvalue weighted by atomic mass is 16.5. The SMILES string of the molecule is c1ccc(-c2cccc3c2Oc2ccc(-c4ccc5c(c4)c4ccccc4n5-c4ccccc4)cc2C32c3ccccc3Oc3ccccc32)cc1. The maximum Gasteiger partial charge on any atom is 0.140 e. The fourth-order valence-corrected chi connectivity index (χ4v) is 8.72. The van der Waals surface area contributed by atoms with Crippen molar-refractivity contribution in [2.75, 3.05) is 0 Å². The maximum absolute atomic E-state index is 7.05. The quantitative estimate of drug-likeness (QED) is 0.187. The first kappa shape index (κ1) is 28.9. The highest BCUT2D eigenvalue weighted by molar-refractivity contribution is 6.10. The van der Waals surface area contributed by atoms with Gasteiger partial charge in [-0.3, -0.25) is 0 Å². The molecule has 3 nitrogen and oxygen atoms in total. The number of rotatable bonds is 3. The van der Waals surface area contributed by atoms with Gasteiger partial charge in [0.15, 0.2) is 0 Å². The van der Waals surface area contributed by atoms with Crippen LogP contribution in [0.3, 0.4) is 0 Å². The van der Waals surface area contributed by atoms with E-state index in [4.69, 9.17) is 9.47 Å². The van der Waals surface area contributed by atoms with E-state index >= 15 is 0 Å². The van der Waals surface area contributed by atoms with E-state index in [2.05, 4.69) is 193 Å². The molecule has 2 aliphatic rings. The Labute approximate surface area is 301 Å². The topological polar surface area (TPSA) is 23.4 Å². The number of hydrogen-bond acceptors (Lipinski definition) is 2. The second kappa shape index (κ2) is 11.1. The van der Waals surface area contributed by atoms with Crippen LogP contribution in [-0.4, -0.2) is 4.57 Å². The third kappa shape index (κ3) is 4.02. The summed E-state index contributed by atoms with van der Waals surface area (Å²) in [6.45, 7) is 0. The maximum atomic E-state index is 7.05. The fourth-order valence-electron chi connectivity index (χ4n) is 8.72. The van der Waals surface area contributed by atoms with Crippen LogP contribution in [0.1, 0.15) is 22.3 Å². The molecule has 1 aromatic heterocycles. The summed E-state index contributed by atoms with van der Waals surface area (Å²) >= 11 is 0. The van der Waals surface area contributed by atoms with Gasteiger partial charge >= 0.3 is 0 Å². The Hall–Kier alpha value is -6.84. The van der Waals surface area contributed by atoms with Crippen LogP contribution in [0.2, 0.25) is 0 Å². The van der Waals surface area contributed by atoms with Gasteiger partial charge in [-0.15, -0.1) is 0 Å². The summed E-state index contributed by atoms with van der Waals surface area (Å²) in [5.41, 5.74) is 11.7. The molecule has 11 rings (SSSR count). The van der Waals surface area contributed by atoms with E-state index in [0.717, 1.165) is 73.2 Å². The molecule has 3 heteroatoms. The van der Waals surface area contributed by atoms with Gasteiger partial charge in [0, 0.05) is 44.3 Å². The molecule has 8 aromatic carbocycles. The van der Waals surface area contributed by atoms with E-state index < -0.39 is 5.41 Å². The average Bonchev–Trinajstić information content (AvgIpc) is 3.55. The number of para-hydroxylation sites is 5. The molecule has 0 aliphatic carbocycles. The zero-order chi connectivity index (χ0) is 34.2. The fraction of sp³-hybridized carbons (Fsp3) is 0.0204. The van der Waals surface area contributed by atoms with Gasteiger partial charge in [0.25, 0.3) is 0 Å². The van der Waals surface area contributed by atoms with E-state index in [9.17, 15) is 0 Å². The minimum Gasteiger partial charge on any atom is -0.457 e. The van der Waals surface area contributed by atoms with E-state index in [1.54, 1.807) is 0 Å². The highest BCUT2D eigenvalue weighted by Gasteiger charge is 2.51. The summed E-state index contributed by atoms with van der Waals surface area (Å²) in [6, 6.07) is 67.0. The van der Waals surface area contributed by atoms with Crippen molar-refractivity contribution in [2.45, 2.75) is 5.41 Å². The summed E-state index contributed by atoms with van der Waals surface area (Å²) < 4.78 is 16.1. The summed E-state index contributed by atoms with van der Waals surface area (Å²) in [4.78, 5) is 0. The number of hydrogen-bond donors (Lipinski definition) is 0. The number of ether oxygens (including phenoxy) is 2. The molecule has 0 saturated heterocycles. The molecule has 2 aliphatic heterocycles. The lowest BCUT2D eigenvalue weighted by Crippen LogP contribution is -2.37. The predicted molar refractivity (Wildman–Crippen MR) is 210 cm³/mol. The Morgan fingerprint density at radius 3 is 1.75 bits per heavy atom. The normalized spacial score (nSPS) is 13.5. The number of aromatic nitrogens is 1. The highest BCUT2D eigenvalue weighted by Crippen LogP contribution is 2.63. The first-order valence-corrected chi connectivity index (χ1v) is 17.8. The van der Waals surface area contributed by atoms with Crippen LogP contribution in [-0.2, 0) is 5.41 Å². The largest absolute Gasteiger partial charge is 0.457 e. The molecule has 9 aromatic rings. The third-order valence-corrected chi connectivity index (χ3v) is 10.9. The Balaban J connectivity index is 1.19. The van der Waals surface area contributed by atoms with Gasteiger partial charge in [0.05, 0.1) is 16.4 Å². The van der Waals surface area contributed by atoms with Crippen molar-refractivity contribution in [1.29, 1.82) is 0 Å². The van der Waals surface area contributed by atoms with Crippen molar-refractivity contribution in [2.24, 2.45) is 0 Å². The molecule has 0 fully saturated rings. The van der Waals surface area contributed by atoms with Gasteiger partial charge in [-0.1, -0.05) is 133 Å². The lowest BCUT2D eigenvalue weighted by molar-refractivity contribution is 0.400. The van der Waals surface area contributed by atoms with Crippen molar-refractivity contribution in [3.8, 4) is 50.9 Å². The van der Waals surface area contributed by atoms with Crippen molar-refractivity contribution < 1.29 is 9.47 Å². The molecule has 0 unspecified atom stereocenters. The van der Waals surface area contributed by atoms with Gasteiger partial charge in [-0.25, -0.2) is 0 Å². The Morgan fingerprint density at radius 1 is 0.365 bits per heavy atom. The molecule has 52 heavy (non-hydrogen) atoms. The molecule has 0 bridgehead atoms. The Bertz CT molecular complexity index is 2810. The second-order valence-electron chi connectivity index (χ2n) is 13.6. The molecule has 0 atom stereocenters. The third-order valence-electron chi connectivity index (χ3n) is 10.9. The van der Waals surface area contributed by atoms with Crippen LogP contribution in [0.15, 0.2) is 188 Å². The number of benzene rings is 8. The Morgan fingerprint density at radius 2 is 0.962 bits per heavy atom. The smallest absolute Gasteiger partial charge is 0.140 e. The summed E-state index contributed by atoms with van der Waals surface area (Å²) in [6.07, 6.45) is 0. The van der Waals surface area contributed by atoms with E-state index in [1.807, 2.05) is 0 Å². The molecule has 0 amide bonds. The van der Waals surface area contributed by atoms with Gasteiger partial charge in [-0.05, 0) is 71.3 Å². The van der Waals surface area contributed by atoms with Crippen LogP contribution >= 0.6 is 0 Å². The molecule has 0 radical (unpaired) electrons. The van der Waals surface area contributed by atoms with Crippen LogP contribution in [0.25, 0.3) is 49.7 Å². The first-order chi connectivity index (χ1) is 25.8. The minimum atomic E-state index is -0.692. The summed E-state index contributed by atoms with van der Waals surface area (Å²) in [5.74, 6) is 3.42. The van der Waals surface area contributed by atoms with Crippen LogP contribution < -0.4 is 9.47 Å². The molecule has 244 valence electrons. The molecule has 0 N–H and O–H groups in total. The molecular weight excluding hydrogens is 635 g/mol. The monoisotopic (exact) mass is 665 g/mol. The first-order valence-electron chi connectivity index (χ1n) is 17.8. The summed E-state index contributed by atoms with van der Waals surface area (Å²) in [7, 11) is 0. The van der Waals surface area contributed by atoms with Crippen LogP contribution in [0, 0.1) is 0 Å². The van der Waals surface area contributed by atoms with Crippen molar-refractivity contribution in [3.63, 3.8) is 0 Å². The van der Waals surface area contributed by atoms with Crippen molar-refractivity contribution in [1.82, 2.24) is 4.57 Å². The predicted octanol–water partition coefficient (Wildman–Crippen LogP) is 12.7. The standard InChI is InChI=1S/C49H31NO2/c1-3-14-32(15-4-1)36-19-13-22-41-48(36)52-47-29-27-34(31-42(47)49(41)39-20-8-11-24-45(39)51-46-25-12-9-21-40(46)49)33-26-28-44-38(30-33)37-18-7-10-23-43(37)50(44)35-16-5-2-6-17-35/h1-31H. The number of nitrogens with zero attached hydrogens (tertiary/aromatic N) is 1. The molecule has 1 spiro atoms. The Kier molecular flexibility index (Phi) is 6.17. The van der Waals surface area contributed by atoms with E-state index in [0.29, 0.717) is 0 Å². The molecule has 0 saturated carbocycles. The lowest BCUT2D eigenvalue weighted by Gasteiger charge is -2.45. The van der Waals surface area contributed by atoms with Crippen LogP contribution in [0.5, 0.6) is 23.0 Å². The number of fused-ring (bicyclic) bond motifs is 11. The lowest BCUT2D eigenvalue weighted by atomic mass is 9.61. The summed E-state index contributed by atoms with van der Waals surface area (Å²) in [5, 5.41) is 2.45. The van der Waals surface area contributed by atoms with E-state index in [1.165, 1.54) is 21.8 Å². The molecular formula is C49H31NO2. The van der Waals surface area contributed by atoms with E-state index in [-0.39, 0.29) is 0 Å². The van der Waals surface area contributed by atoms with Gasteiger partial charge in [0.2, 0.25) is 0 Å². The van der Waals surface area contributed by atoms with Gasteiger partial charge in [0.1, 0.15) is 23.0 Å². The van der Waals surface area contributed by atoms with Crippen molar-refractivity contribution in [3.05, 3.63) is 210 Å². The second-order valence-corrected chi connectivity index (χ2v) is 13.6. The van der Waals surface area contributed by atoms with Crippen LogP contribution in [0.4, 0.5) is 0 Å². The zero-order valence-electron chi connectivity index (χ0n) is 28.2. The zero-order valence-corrected chi connectivity index (χ0v) is 28.2.